The van der Waals surface area contributed by atoms with E-state index >= 15 is 0 Å². The monoisotopic (exact) mass is 290 g/mol. The number of rotatable bonds is 4. The van der Waals surface area contributed by atoms with Gasteiger partial charge in [-0.15, -0.1) is 0 Å². The van der Waals surface area contributed by atoms with Crippen molar-refractivity contribution in [2.24, 2.45) is 5.41 Å². The summed E-state index contributed by atoms with van der Waals surface area (Å²) in [4.78, 5) is 23.8. The van der Waals surface area contributed by atoms with Crippen LogP contribution in [0.2, 0.25) is 0 Å². The average molecular weight is 290 g/mol. The molecule has 0 unspecified atom stereocenters. The van der Waals surface area contributed by atoms with Crippen molar-refractivity contribution in [2.75, 3.05) is 12.3 Å². The molecule has 0 spiro atoms. The number of carbonyl (C=O) groups is 2. The van der Waals surface area contributed by atoms with Crippen LogP contribution >= 0.6 is 0 Å². The normalized spacial score (nSPS) is 17.7. The third-order valence-electron chi connectivity index (χ3n) is 4.25. The summed E-state index contributed by atoms with van der Waals surface area (Å²) in [6.07, 6.45) is 5.19. The number of benzene rings is 1. The number of hydrogen-bond donors (Lipinski definition) is 3. The maximum Gasteiger partial charge on any atom is 0.311 e. The largest absolute Gasteiger partial charge is 0.481 e. The molecule has 0 atom stereocenters. The molecule has 0 aromatic heterocycles. The summed E-state index contributed by atoms with van der Waals surface area (Å²) in [6.45, 7) is 0.177. The first-order valence-electron chi connectivity index (χ1n) is 7.41. The van der Waals surface area contributed by atoms with Gasteiger partial charge in [0.25, 0.3) is 5.91 Å². The van der Waals surface area contributed by atoms with Crippen molar-refractivity contribution >= 4 is 17.6 Å². The lowest BCUT2D eigenvalue weighted by atomic mass is 9.80. The lowest BCUT2D eigenvalue weighted by Crippen LogP contribution is -2.42. The van der Waals surface area contributed by atoms with Crippen molar-refractivity contribution in [1.29, 1.82) is 0 Å². The summed E-state index contributed by atoms with van der Waals surface area (Å²) in [7, 11) is 0. The molecular weight excluding hydrogens is 268 g/mol. The fraction of sp³-hybridized carbons (Fsp3) is 0.500. The molecule has 1 aliphatic carbocycles. The molecule has 0 aliphatic heterocycles. The predicted molar refractivity (Wildman–Crippen MR) is 81.0 cm³/mol. The van der Waals surface area contributed by atoms with Crippen LogP contribution in [0, 0.1) is 5.41 Å². The molecule has 5 heteroatoms. The molecule has 1 fully saturated rings. The SMILES string of the molecule is Nc1cccc(C(=O)NCC2(C(=O)O)CCCCCC2)c1. The van der Waals surface area contributed by atoms with E-state index in [2.05, 4.69) is 5.32 Å². The van der Waals surface area contributed by atoms with Gasteiger partial charge in [-0.25, -0.2) is 0 Å². The smallest absolute Gasteiger partial charge is 0.311 e. The first kappa shape index (κ1) is 15.4. The van der Waals surface area contributed by atoms with Gasteiger partial charge in [-0.1, -0.05) is 31.7 Å². The van der Waals surface area contributed by atoms with E-state index < -0.39 is 11.4 Å². The van der Waals surface area contributed by atoms with E-state index in [-0.39, 0.29) is 12.5 Å². The van der Waals surface area contributed by atoms with Crippen molar-refractivity contribution in [1.82, 2.24) is 5.32 Å². The summed E-state index contributed by atoms with van der Waals surface area (Å²) < 4.78 is 0. The lowest BCUT2D eigenvalue weighted by molar-refractivity contribution is -0.149. The second-order valence-electron chi connectivity index (χ2n) is 5.81. The van der Waals surface area contributed by atoms with E-state index in [1.165, 1.54) is 0 Å². The molecule has 0 saturated heterocycles. The molecule has 2 rings (SSSR count). The summed E-state index contributed by atoms with van der Waals surface area (Å²) in [5, 5.41) is 12.3. The highest BCUT2D eigenvalue weighted by molar-refractivity contribution is 5.95. The third kappa shape index (κ3) is 3.74. The van der Waals surface area contributed by atoms with Crippen molar-refractivity contribution in [3.63, 3.8) is 0 Å². The minimum Gasteiger partial charge on any atom is -0.481 e. The standard InChI is InChI=1S/C16H22N2O3/c17-13-7-5-6-12(10-13)14(19)18-11-16(15(20)21)8-3-1-2-4-9-16/h5-7,10H,1-4,8-9,11,17H2,(H,18,19)(H,20,21). The van der Waals surface area contributed by atoms with E-state index in [4.69, 9.17) is 5.73 Å². The number of carboxylic acids is 1. The molecule has 1 aromatic rings. The third-order valence-corrected chi connectivity index (χ3v) is 4.25. The fourth-order valence-electron chi connectivity index (χ4n) is 2.90. The second-order valence-corrected chi connectivity index (χ2v) is 5.81. The zero-order valence-corrected chi connectivity index (χ0v) is 12.1. The molecule has 114 valence electrons. The fourth-order valence-corrected chi connectivity index (χ4v) is 2.90. The van der Waals surface area contributed by atoms with Crippen molar-refractivity contribution < 1.29 is 14.7 Å². The van der Waals surface area contributed by atoms with Gasteiger partial charge in [0.05, 0.1) is 5.41 Å². The minimum atomic E-state index is -0.827. The quantitative estimate of drug-likeness (QED) is 0.586. The van der Waals surface area contributed by atoms with E-state index in [1.54, 1.807) is 24.3 Å². The molecule has 1 aromatic carbocycles. The van der Waals surface area contributed by atoms with Gasteiger partial charge >= 0.3 is 5.97 Å². The molecule has 1 aliphatic rings. The Labute approximate surface area is 124 Å². The van der Waals surface area contributed by atoms with Gasteiger partial charge < -0.3 is 16.2 Å². The van der Waals surface area contributed by atoms with Gasteiger partial charge in [0.15, 0.2) is 0 Å². The van der Waals surface area contributed by atoms with E-state index in [1.807, 2.05) is 0 Å². The number of nitrogens with one attached hydrogen (secondary N) is 1. The summed E-state index contributed by atoms with van der Waals surface area (Å²) in [5.41, 5.74) is 5.81. The van der Waals surface area contributed by atoms with Crippen LogP contribution in [0.5, 0.6) is 0 Å². The van der Waals surface area contributed by atoms with E-state index in [0.717, 1.165) is 25.7 Å². The van der Waals surface area contributed by atoms with Gasteiger partial charge in [0, 0.05) is 17.8 Å². The highest BCUT2D eigenvalue weighted by atomic mass is 16.4. The highest BCUT2D eigenvalue weighted by Gasteiger charge is 2.38. The maximum atomic E-state index is 12.1. The molecule has 1 saturated carbocycles. The Morgan fingerprint density at radius 3 is 2.43 bits per heavy atom. The Kier molecular flexibility index (Phi) is 4.83. The van der Waals surface area contributed by atoms with Crippen molar-refractivity contribution in [3.8, 4) is 0 Å². The summed E-state index contributed by atoms with van der Waals surface area (Å²) in [6, 6.07) is 6.69. The molecule has 5 nitrogen and oxygen atoms in total. The molecule has 1 amide bonds. The van der Waals surface area contributed by atoms with Crippen molar-refractivity contribution in [2.45, 2.75) is 38.5 Å². The van der Waals surface area contributed by atoms with E-state index in [0.29, 0.717) is 24.1 Å². The Morgan fingerprint density at radius 1 is 1.19 bits per heavy atom. The Morgan fingerprint density at radius 2 is 1.86 bits per heavy atom. The number of nitrogen functional groups attached to an aromatic ring is 1. The van der Waals surface area contributed by atoms with Gasteiger partial charge in [-0.3, -0.25) is 9.59 Å². The second kappa shape index (κ2) is 6.61. The van der Waals surface area contributed by atoms with Crippen LogP contribution in [0.1, 0.15) is 48.9 Å². The number of carbonyl (C=O) groups excluding carboxylic acids is 1. The zero-order chi connectivity index (χ0) is 15.3. The summed E-state index contributed by atoms with van der Waals surface area (Å²) in [5.74, 6) is -1.08. The molecule has 0 bridgehead atoms. The number of aliphatic carboxylic acids is 1. The van der Waals surface area contributed by atoms with Crippen LogP contribution < -0.4 is 11.1 Å². The number of amides is 1. The van der Waals surface area contributed by atoms with Crippen LogP contribution in [0.4, 0.5) is 5.69 Å². The average Bonchev–Trinajstić information content (AvgIpc) is 2.71. The zero-order valence-electron chi connectivity index (χ0n) is 12.1. The van der Waals surface area contributed by atoms with Crippen LogP contribution in [0.15, 0.2) is 24.3 Å². The van der Waals surface area contributed by atoms with Gasteiger partial charge in [0.1, 0.15) is 0 Å². The number of nitrogens with two attached hydrogens (primary N) is 1. The number of carboxylic acid groups (broad SMARTS) is 1. The minimum absolute atomic E-state index is 0.177. The Bertz CT molecular complexity index is 520. The first-order valence-corrected chi connectivity index (χ1v) is 7.41. The summed E-state index contributed by atoms with van der Waals surface area (Å²) >= 11 is 0. The predicted octanol–water partition coefficient (Wildman–Crippen LogP) is 2.42. The van der Waals surface area contributed by atoms with E-state index in [9.17, 15) is 14.7 Å². The van der Waals surface area contributed by atoms with Crippen LogP contribution in [-0.4, -0.2) is 23.5 Å². The highest BCUT2D eigenvalue weighted by Crippen LogP contribution is 2.34. The first-order chi connectivity index (χ1) is 10.0. The lowest BCUT2D eigenvalue weighted by Gasteiger charge is -2.28. The number of hydrogen-bond acceptors (Lipinski definition) is 3. The topological polar surface area (TPSA) is 92.4 Å². The molecule has 21 heavy (non-hydrogen) atoms. The van der Waals surface area contributed by atoms with Gasteiger partial charge in [-0.05, 0) is 31.0 Å². The number of anilines is 1. The van der Waals surface area contributed by atoms with Crippen LogP contribution in [0.3, 0.4) is 0 Å². The van der Waals surface area contributed by atoms with Crippen molar-refractivity contribution in [3.05, 3.63) is 29.8 Å². The Balaban J connectivity index is 2.04. The van der Waals surface area contributed by atoms with Gasteiger partial charge in [0.2, 0.25) is 0 Å². The molecule has 0 radical (unpaired) electrons. The maximum absolute atomic E-state index is 12.1. The molecule has 0 heterocycles. The van der Waals surface area contributed by atoms with Crippen LogP contribution in [0.25, 0.3) is 0 Å². The molecular formula is C16H22N2O3. The Hall–Kier alpha value is -2.04. The van der Waals surface area contributed by atoms with Gasteiger partial charge in [-0.2, -0.15) is 0 Å². The van der Waals surface area contributed by atoms with Crippen LogP contribution in [-0.2, 0) is 4.79 Å². The molecule has 4 N–H and O–H groups in total.